The first-order valence-corrected chi connectivity index (χ1v) is 4.78. The number of phenols is 1. The number of carbonyl (C=O) groups excluding carboxylic acids is 1. The van der Waals surface area contributed by atoms with E-state index in [1.165, 1.54) is 13.1 Å². The number of anilines is 2. The fourth-order valence-corrected chi connectivity index (χ4v) is 1.18. The van der Waals surface area contributed by atoms with E-state index in [1.54, 1.807) is 13.0 Å². The first-order valence-electron chi connectivity index (χ1n) is 4.78. The van der Waals surface area contributed by atoms with Crippen LogP contribution in [0.2, 0.25) is 0 Å². The van der Waals surface area contributed by atoms with Crippen LogP contribution >= 0.6 is 0 Å². The zero-order valence-corrected chi connectivity index (χ0v) is 9.50. The van der Waals surface area contributed by atoms with Gasteiger partial charge in [-0.1, -0.05) is 6.42 Å². The van der Waals surface area contributed by atoms with Crippen molar-refractivity contribution in [1.29, 1.82) is 0 Å². The summed E-state index contributed by atoms with van der Waals surface area (Å²) in [7, 11) is 1.48. The van der Waals surface area contributed by atoms with Gasteiger partial charge in [-0.2, -0.15) is 0 Å². The molecule has 0 saturated heterocycles. The van der Waals surface area contributed by atoms with Gasteiger partial charge >= 0.3 is 6.03 Å². The van der Waals surface area contributed by atoms with E-state index < -0.39 is 6.03 Å². The molecule has 0 radical (unpaired) electrons. The van der Waals surface area contributed by atoms with E-state index >= 15 is 0 Å². The summed E-state index contributed by atoms with van der Waals surface area (Å²) >= 11 is 0. The van der Waals surface area contributed by atoms with Gasteiger partial charge in [-0.25, -0.2) is 10.3 Å². The van der Waals surface area contributed by atoms with Gasteiger partial charge in [0.05, 0.1) is 11.4 Å². The first kappa shape index (κ1) is 12.5. The zero-order chi connectivity index (χ0) is 12.8. The van der Waals surface area contributed by atoms with Crippen LogP contribution in [-0.4, -0.2) is 18.2 Å². The Balaban J connectivity index is 2.93. The highest BCUT2D eigenvalue weighted by atomic mass is 16.6. The second-order valence-electron chi connectivity index (χ2n) is 3.21. The van der Waals surface area contributed by atoms with Crippen LogP contribution in [0.5, 0.6) is 5.75 Å². The first-order chi connectivity index (χ1) is 8.08. The Morgan fingerprint density at radius 2 is 2.18 bits per heavy atom. The fraction of sp³-hybridized carbons (Fsp3) is 0.182. The van der Waals surface area contributed by atoms with E-state index in [4.69, 9.17) is 6.42 Å². The molecule has 17 heavy (non-hydrogen) atoms. The van der Waals surface area contributed by atoms with Crippen molar-refractivity contribution in [1.82, 2.24) is 5.32 Å². The topological polar surface area (TPSA) is 82.6 Å². The van der Waals surface area contributed by atoms with Crippen molar-refractivity contribution in [3.63, 3.8) is 0 Å². The molecule has 0 aliphatic rings. The molecule has 0 aliphatic heterocycles. The van der Waals surface area contributed by atoms with Crippen LogP contribution in [0.15, 0.2) is 12.1 Å². The van der Waals surface area contributed by atoms with Crippen LogP contribution in [0.25, 0.3) is 0 Å². The molecule has 2 amide bonds. The number of amides is 2. The lowest BCUT2D eigenvalue weighted by molar-refractivity contribution is 0.254. The summed E-state index contributed by atoms with van der Waals surface area (Å²) in [4.78, 5) is 15.7. The van der Waals surface area contributed by atoms with Crippen molar-refractivity contribution < 1.29 is 14.7 Å². The number of terminal acetylenes is 1. The highest BCUT2D eigenvalue weighted by molar-refractivity contribution is 5.91. The Morgan fingerprint density at radius 3 is 2.76 bits per heavy atom. The molecule has 6 heteroatoms. The lowest BCUT2D eigenvalue weighted by Crippen LogP contribution is -2.24. The minimum atomic E-state index is -0.416. The van der Waals surface area contributed by atoms with Crippen LogP contribution in [0, 0.1) is 19.5 Å². The van der Waals surface area contributed by atoms with Gasteiger partial charge in [0.1, 0.15) is 11.9 Å². The molecule has 90 valence electrons. The third-order valence-electron chi connectivity index (χ3n) is 2.04. The maximum absolute atomic E-state index is 11.1. The molecule has 0 saturated carbocycles. The van der Waals surface area contributed by atoms with Crippen LogP contribution in [-0.2, 0) is 4.84 Å². The van der Waals surface area contributed by atoms with Gasteiger partial charge in [-0.05, 0) is 18.6 Å². The fourth-order valence-electron chi connectivity index (χ4n) is 1.18. The van der Waals surface area contributed by atoms with Gasteiger partial charge in [0.15, 0.2) is 0 Å². The molecular weight excluding hydrogens is 222 g/mol. The second-order valence-corrected chi connectivity index (χ2v) is 3.21. The maximum atomic E-state index is 11.1. The third-order valence-corrected chi connectivity index (χ3v) is 2.04. The molecule has 0 bridgehead atoms. The number of hydrogen-bond donors (Lipinski definition) is 4. The average Bonchev–Trinajstić information content (AvgIpc) is 2.31. The molecule has 1 aromatic carbocycles. The molecule has 1 aromatic rings. The highest BCUT2D eigenvalue weighted by Gasteiger charge is 2.08. The summed E-state index contributed by atoms with van der Waals surface area (Å²) in [6, 6.07) is 2.57. The average molecular weight is 235 g/mol. The van der Waals surface area contributed by atoms with Crippen molar-refractivity contribution in [3.8, 4) is 18.3 Å². The Bertz CT molecular complexity index is 466. The van der Waals surface area contributed by atoms with Crippen LogP contribution in [0.3, 0.4) is 0 Å². The molecule has 0 aromatic heterocycles. The minimum Gasteiger partial charge on any atom is -0.506 e. The van der Waals surface area contributed by atoms with Crippen molar-refractivity contribution in [3.05, 3.63) is 17.7 Å². The van der Waals surface area contributed by atoms with E-state index in [1.807, 2.05) is 6.11 Å². The number of carbonyl (C=O) groups is 1. The molecule has 0 unspecified atom stereocenters. The lowest BCUT2D eigenvalue weighted by atomic mass is 10.1. The number of urea groups is 1. The summed E-state index contributed by atoms with van der Waals surface area (Å²) < 4.78 is 0. The summed E-state index contributed by atoms with van der Waals surface area (Å²) in [5, 5.41) is 14.5. The Morgan fingerprint density at radius 1 is 1.47 bits per heavy atom. The number of nitrogens with one attached hydrogen (secondary N) is 3. The molecule has 0 heterocycles. The predicted octanol–water partition coefficient (Wildman–Crippen LogP) is 1.39. The normalized spacial score (nSPS) is 9.00. The quantitative estimate of drug-likeness (QED) is 0.362. The van der Waals surface area contributed by atoms with Crippen molar-refractivity contribution in [2.45, 2.75) is 6.92 Å². The van der Waals surface area contributed by atoms with Crippen LogP contribution < -0.4 is 16.1 Å². The summed E-state index contributed by atoms with van der Waals surface area (Å²) in [6.45, 7) is 1.77. The molecule has 1 rings (SSSR count). The Kier molecular flexibility index (Phi) is 4.06. The Labute approximate surface area is 98.9 Å². The molecule has 0 aliphatic carbocycles. The number of aromatic hydroxyl groups is 1. The van der Waals surface area contributed by atoms with Gasteiger partial charge < -0.3 is 20.6 Å². The van der Waals surface area contributed by atoms with E-state index in [9.17, 15) is 9.90 Å². The van der Waals surface area contributed by atoms with Gasteiger partial charge in [0.25, 0.3) is 0 Å². The van der Waals surface area contributed by atoms with Gasteiger partial charge in [-0.15, -0.1) is 0 Å². The second kappa shape index (κ2) is 5.51. The van der Waals surface area contributed by atoms with Gasteiger partial charge in [-0.3, -0.25) is 0 Å². The SMILES string of the molecule is C#CONc1cc(O)c(NC(=O)NC)cc1C. The van der Waals surface area contributed by atoms with E-state index in [0.29, 0.717) is 11.4 Å². The third kappa shape index (κ3) is 3.21. The Hall–Kier alpha value is -2.55. The zero-order valence-electron chi connectivity index (χ0n) is 9.50. The smallest absolute Gasteiger partial charge is 0.319 e. The van der Waals surface area contributed by atoms with E-state index in [-0.39, 0.29) is 5.75 Å². The van der Waals surface area contributed by atoms with Gasteiger partial charge in [0.2, 0.25) is 0 Å². The van der Waals surface area contributed by atoms with Crippen molar-refractivity contribution in [2.24, 2.45) is 0 Å². The monoisotopic (exact) mass is 235 g/mol. The maximum Gasteiger partial charge on any atom is 0.319 e. The van der Waals surface area contributed by atoms with Crippen molar-refractivity contribution in [2.75, 3.05) is 17.8 Å². The standard InChI is InChI=1S/C11H13N3O3/c1-4-17-14-8-6-10(15)9(5-7(8)2)13-11(16)12-3/h1,5-6,14-15H,2-3H3,(H2,12,13,16). The minimum absolute atomic E-state index is 0.0951. The van der Waals surface area contributed by atoms with Crippen molar-refractivity contribution >= 4 is 17.4 Å². The molecule has 0 fully saturated rings. The van der Waals surface area contributed by atoms with Crippen LogP contribution in [0.4, 0.5) is 16.2 Å². The lowest BCUT2D eigenvalue weighted by Gasteiger charge is -2.11. The largest absolute Gasteiger partial charge is 0.506 e. The highest BCUT2D eigenvalue weighted by Crippen LogP contribution is 2.30. The summed E-state index contributed by atoms with van der Waals surface area (Å²) in [5.74, 6) is -0.0951. The summed E-state index contributed by atoms with van der Waals surface area (Å²) in [6.07, 6.45) is 6.86. The predicted molar refractivity (Wildman–Crippen MR) is 64.5 cm³/mol. The molecule has 0 atom stereocenters. The van der Waals surface area contributed by atoms with Crippen LogP contribution in [0.1, 0.15) is 5.56 Å². The summed E-state index contributed by atoms with van der Waals surface area (Å²) in [5.41, 5.74) is 4.04. The number of rotatable bonds is 3. The molecular formula is C11H13N3O3. The van der Waals surface area contributed by atoms with E-state index in [2.05, 4.69) is 21.0 Å². The van der Waals surface area contributed by atoms with Gasteiger partial charge in [0, 0.05) is 13.1 Å². The van der Waals surface area contributed by atoms with E-state index in [0.717, 1.165) is 5.56 Å². The molecule has 0 spiro atoms. The molecule has 6 nitrogen and oxygen atoms in total. The molecule has 4 N–H and O–H groups in total. The number of hydrogen-bond acceptors (Lipinski definition) is 4. The number of phenolic OH excluding ortho intramolecular Hbond substituents is 1. The number of benzene rings is 1. The number of aryl methyl sites for hydroxylation is 1.